The minimum Gasteiger partial charge on any atom is -0.374 e. The van der Waals surface area contributed by atoms with Gasteiger partial charge in [0.1, 0.15) is 0 Å². The van der Waals surface area contributed by atoms with E-state index in [1.54, 1.807) is 0 Å². The van der Waals surface area contributed by atoms with Gasteiger partial charge in [-0.25, -0.2) is 0 Å². The van der Waals surface area contributed by atoms with Crippen LogP contribution in [0.2, 0.25) is 0 Å². The number of benzene rings is 1. The summed E-state index contributed by atoms with van der Waals surface area (Å²) in [6, 6.07) is 10.8. The minimum absolute atomic E-state index is 0.124. The van der Waals surface area contributed by atoms with Crippen molar-refractivity contribution in [3.63, 3.8) is 0 Å². The summed E-state index contributed by atoms with van der Waals surface area (Å²) in [4.78, 5) is 14.8. The SMILES string of the molecule is C[C@H]1C[C@@H](C(=O)N2CCOC(Cc3ccccc3)C2)CCN1. The molecule has 22 heavy (non-hydrogen) atoms. The summed E-state index contributed by atoms with van der Waals surface area (Å²) in [6.45, 7) is 5.24. The maximum atomic E-state index is 12.7. The Kier molecular flexibility index (Phi) is 5.11. The molecule has 2 aliphatic rings. The zero-order valence-electron chi connectivity index (χ0n) is 13.3. The molecule has 1 unspecified atom stereocenters. The van der Waals surface area contributed by atoms with Gasteiger partial charge in [-0.3, -0.25) is 4.79 Å². The van der Waals surface area contributed by atoms with Crippen LogP contribution in [0.3, 0.4) is 0 Å². The van der Waals surface area contributed by atoms with Crippen LogP contribution < -0.4 is 5.32 Å². The van der Waals surface area contributed by atoms with E-state index in [2.05, 4.69) is 36.5 Å². The van der Waals surface area contributed by atoms with E-state index < -0.39 is 0 Å². The summed E-state index contributed by atoms with van der Waals surface area (Å²) >= 11 is 0. The standard InChI is InChI=1S/C18H26N2O2/c1-14-11-16(7-8-19-14)18(21)20-9-10-22-17(13-20)12-15-5-3-2-4-6-15/h2-6,14,16-17,19H,7-13H2,1H3/t14-,16-,17?/m0/s1. The molecule has 0 aromatic heterocycles. The number of nitrogens with zero attached hydrogens (tertiary/aromatic N) is 1. The van der Waals surface area contributed by atoms with Crippen LogP contribution in [-0.2, 0) is 16.0 Å². The number of hydrogen-bond donors (Lipinski definition) is 1. The fourth-order valence-electron chi connectivity index (χ4n) is 3.53. The van der Waals surface area contributed by atoms with Crippen molar-refractivity contribution in [2.45, 2.75) is 38.3 Å². The molecule has 1 aromatic rings. The van der Waals surface area contributed by atoms with E-state index in [4.69, 9.17) is 4.74 Å². The van der Waals surface area contributed by atoms with Gasteiger partial charge in [-0.1, -0.05) is 30.3 Å². The molecule has 0 saturated carbocycles. The highest BCUT2D eigenvalue weighted by Gasteiger charge is 2.31. The molecule has 2 fully saturated rings. The molecule has 4 heteroatoms. The van der Waals surface area contributed by atoms with Crippen molar-refractivity contribution in [1.29, 1.82) is 0 Å². The van der Waals surface area contributed by atoms with Gasteiger partial charge in [-0.15, -0.1) is 0 Å². The lowest BCUT2D eigenvalue weighted by atomic mass is 9.91. The number of morpholine rings is 1. The number of ether oxygens (including phenoxy) is 1. The van der Waals surface area contributed by atoms with Gasteiger partial charge in [0.2, 0.25) is 5.91 Å². The second kappa shape index (κ2) is 7.25. The van der Waals surface area contributed by atoms with Crippen LogP contribution in [0.4, 0.5) is 0 Å². The first kappa shape index (κ1) is 15.5. The Morgan fingerprint density at radius 2 is 2.18 bits per heavy atom. The Balaban J connectivity index is 1.57. The van der Waals surface area contributed by atoms with Gasteiger partial charge in [-0.05, 0) is 31.9 Å². The van der Waals surface area contributed by atoms with Crippen LogP contribution in [-0.4, -0.2) is 49.2 Å². The molecule has 0 aliphatic carbocycles. The van der Waals surface area contributed by atoms with Crippen molar-refractivity contribution in [3.8, 4) is 0 Å². The van der Waals surface area contributed by atoms with E-state index in [-0.39, 0.29) is 12.0 Å². The third kappa shape index (κ3) is 3.87. The Morgan fingerprint density at radius 3 is 2.95 bits per heavy atom. The van der Waals surface area contributed by atoms with Crippen molar-refractivity contribution in [3.05, 3.63) is 35.9 Å². The first-order valence-corrected chi connectivity index (χ1v) is 8.40. The number of nitrogens with one attached hydrogen (secondary N) is 1. The normalized spacial score (nSPS) is 29.3. The lowest BCUT2D eigenvalue weighted by Crippen LogP contribution is -2.50. The van der Waals surface area contributed by atoms with Crippen LogP contribution in [0.15, 0.2) is 30.3 Å². The Bertz CT molecular complexity index is 491. The summed E-state index contributed by atoms with van der Waals surface area (Å²) in [5.41, 5.74) is 1.28. The zero-order valence-corrected chi connectivity index (χ0v) is 13.3. The first-order valence-electron chi connectivity index (χ1n) is 8.40. The van der Waals surface area contributed by atoms with E-state index in [0.29, 0.717) is 18.6 Å². The zero-order chi connectivity index (χ0) is 15.4. The molecule has 0 bridgehead atoms. The van der Waals surface area contributed by atoms with Gasteiger partial charge >= 0.3 is 0 Å². The van der Waals surface area contributed by atoms with E-state index in [0.717, 1.165) is 38.9 Å². The maximum Gasteiger partial charge on any atom is 0.225 e. The van der Waals surface area contributed by atoms with Crippen LogP contribution >= 0.6 is 0 Å². The van der Waals surface area contributed by atoms with Crippen molar-refractivity contribution in [2.24, 2.45) is 5.92 Å². The molecular weight excluding hydrogens is 276 g/mol. The minimum atomic E-state index is 0.124. The fourth-order valence-corrected chi connectivity index (χ4v) is 3.53. The molecule has 1 N–H and O–H groups in total. The smallest absolute Gasteiger partial charge is 0.225 e. The highest BCUT2D eigenvalue weighted by Crippen LogP contribution is 2.21. The summed E-state index contributed by atoms with van der Waals surface area (Å²) in [5.74, 6) is 0.515. The molecule has 0 spiro atoms. The molecule has 0 radical (unpaired) electrons. The third-order valence-corrected chi connectivity index (χ3v) is 4.73. The number of amides is 1. The molecule has 3 atom stereocenters. The van der Waals surface area contributed by atoms with Crippen LogP contribution in [0.25, 0.3) is 0 Å². The monoisotopic (exact) mass is 302 g/mol. The number of rotatable bonds is 3. The third-order valence-electron chi connectivity index (χ3n) is 4.73. The summed E-state index contributed by atoms with van der Waals surface area (Å²) in [5, 5.41) is 3.42. The summed E-state index contributed by atoms with van der Waals surface area (Å²) < 4.78 is 5.86. The highest BCUT2D eigenvalue weighted by molar-refractivity contribution is 5.79. The average molecular weight is 302 g/mol. The predicted octanol–water partition coefficient (Wildman–Crippen LogP) is 1.84. The Morgan fingerprint density at radius 1 is 1.36 bits per heavy atom. The molecule has 4 nitrogen and oxygen atoms in total. The van der Waals surface area contributed by atoms with Crippen molar-refractivity contribution in [1.82, 2.24) is 10.2 Å². The predicted molar refractivity (Wildman–Crippen MR) is 86.7 cm³/mol. The van der Waals surface area contributed by atoms with E-state index in [9.17, 15) is 4.79 Å². The van der Waals surface area contributed by atoms with Crippen LogP contribution in [0.1, 0.15) is 25.3 Å². The van der Waals surface area contributed by atoms with Gasteiger partial charge in [0, 0.05) is 31.5 Å². The number of hydrogen-bond acceptors (Lipinski definition) is 3. The van der Waals surface area contributed by atoms with Crippen molar-refractivity contribution >= 4 is 5.91 Å². The lowest BCUT2D eigenvalue weighted by molar-refractivity contribution is -0.144. The topological polar surface area (TPSA) is 41.6 Å². The molecule has 1 aromatic carbocycles. The highest BCUT2D eigenvalue weighted by atomic mass is 16.5. The van der Waals surface area contributed by atoms with Crippen LogP contribution in [0, 0.1) is 5.92 Å². The van der Waals surface area contributed by atoms with Crippen LogP contribution in [0.5, 0.6) is 0 Å². The average Bonchev–Trinajstić information content (AvgIpc) is 2.55. The number of piperidine rings is 1. The molecular formula is C18H26N2O2. The van der Waals surface area contributed by atoms with Crippen molar-refractivity contribution in [2.75, 3.05) is 26.2 Å². The molecule has 2 saturated heterocycles. The van der Waals surface area contributed by atoms with Gasteiger partial charge < -0.3 is 15.0 Å². The maximum absolute atomic E-state index is 12.7. The van der Waals surface area contributed by atoms with Crippen molar-refractivity contribution < 1.29 is 9.53 Å². The van der Waals surface area contributed by atoms with Gasteiger partial charge in [-0.2, -0.15) is 0 Å². The van der Waals surface area contributed by atoms with E-state index in [1.165, 1.54) is 5.56 Å². The Hall–Kier alpha value is -1.39. The number of carbonyl (C=O) groups excluding carboxylic acids is 1. The Labute approximate surface area is 132 Å². The molecule has 2 heterocycles. The van der Waals surface area contributed by atoms with E-state index >= 15 is 0 Å². The molecule has 120 valence electrons. The lowest BCUT2D eigenvalue weighted by Gasteiger charge is -2.37. The molecule has 2 aliphatic heterocycles. The largest absolute Gasteiger partial charge is 0.374 e. The number of carbonyl (C=O) groups is 1. The van der Waals surface area contributed by atoms with E-state index in [1.807, 2.05) is 11.0 Å². The quantitative estimate of drug-likeness (QED) is 0.926. The molecule has 3 rings (SSSR count). The summed E-state index contributed by atoms with van der Waals surface area (Å²) in [7, 11) is 0. The van der Waals surface area contributed by atoms with Gasteiger partial charge in [0.15, 0.2) is 0 Å². The second-order valence-electron chi connectivity index (χ2n) is 6.54. The second-order valence-corrected chi connectivity index (χ2v) is 6.54. The van der Waals surface area contributed by atoms with Gasteiger partial charge in [0.25, 0.3) is 0 Å². The summed E-state index contributed by atoms with van der Waals surface area (Å²) in [6.07, 6.45) is 2.93. The first-order chi connectivity index (χ1) is 10.7. The van der Waals surface area contributed by atoms with Gasteiger partial charge in [0.05, 0.1) is 12.7 Å². The fraction of sp³-hybridized carbons (Fsp3) is 0.611. The molecule has 1 amide bonds.